The highest BCUT2D eigenvalue weighted by atomic mass is 19.1. The van der Waals surface area contributed by atoms with Gasteiger partial charge >= 0.3 is 0 Å². The van der Waals surface area contributed by atoms with Crippen molar-refractivity contribution in [1.82, 2.24) is 4.57 Å². The van der Waals surface area contributed by atoms with Crippen molar-refractivity contribution in [2.45, 2.75) is 13.5 Å². The Morgan fingerprint density at radius 3 is 2.56 bits per heavy atom. The molecule has 0 aliphatic heterocycles. The fourth-order valence-corrected chi connectivity index (χ4v) is 2.30. The van der Waals surface area contributed by atoms with E-state index in [1.807, 2.05) is 12.1 Å². The molecule has 1 nitrogen and oxygen atoms in total. The molecule has 0 unspecified atom stereocenters. The summed E-state index contributed by atoms with van der Waals surface area (Å²) in [4.78, 5) is 0. The molecule has 0 radical (unpaired) electrons. The first-order valence-corrected chi connectivity index (χ1v) is 6.03. The SMILES string of the molecule is Cc1cccc2c1ccn2Cc1ccc(F)cc1. The Morgan fingerprint density at radius 1 is 1.00 bits per heavy atom. The van der Waals surface area contributed by atoms with Crippen molar-refractivity contribution in [2.24, 2.45) is 0 Å². The number of benzene rings is 2. The predicted molar refractivity (Wildman–Crippen MR) is 72.2 cm³/mol. The molecule has 2 aromatic carbocycles. The molecule has 0 aliphatic rings. The van der Waals surface area contributed by atoms with Crippen molar-refractivity contribution in [3.63, 3.8) is 0 Å². The zero-order valence-corrected chi connectivity index (χ0v) is 10.2. The molecule has 0 saturated carbocycles. The van der Waals surface area contributed by atoms with Crippen molar-refractivity contribution < 1.29 is 4.39 Å². The number of aryl methyl sites for hydroxylation is 1. The van der Waals surface area contributed by atoms with Gasteiger partial charge in [0.1, 0.15) is 5.82 Å². The van der Waals surface area contributed by atoms with E-state index < -0.39 is 0 Å². The molecule has 3 aromatic rings. The first kappa shape index (κ1) is 11.0. The minimum Gasteiger partial charge on any atom is -0.343 e. The van der Waals surface area contributed by atoms with Gasteiger partial charge in [0.2, 0.25) is 0 Å². The molecule has 0 atom stereocenters. The van der Waals surface area contributed by atoms with E-state index in [4.69, 9.17) is 0 Å². The maximum atomic E-state index is 12.9. The van der Waals surface area contributed by atoms with Crippen molar-refractivity contribution in [3.8, 4) is 0 Å². The smallest absolute Gasteiger partial charge is 0.123 e. The van der Waals surface area contributed by atoms with Crippen molar-refractivity contribution in [3.05, 3.63) is 71.7 Å². The monoisotopic (exact) mass is 239 g/mol. The fraction of sp³-hybridized carbons (Fsp3) is 0.125. The summed E-state index contributed by atoms with van der Waals surface area (Å²) < 4.78 is 15.1. The van der Waals surface area contributed by atoms with E-state index in [1.165, 1.54) is 28.6 Å². The van der Waals surface area contributed by atoms with Crippen molar-refractivity contribution >= 4 is 10.9 Å². The highest BCUT2D eigenvalue weighted by Crippen LogP contribution is 2.20. The van der Waals surface area contributed by atoms with Gasteiger partial charge in [0.25, 0.3) is 0 Å². The first-order chi connectivity index (χ1) is 8.74. The van der Waals surface area contributed by atoms with E-state index in [0.717, 1.165) is 12.1 Å². The second-order valence-corrected chi connectivity index (χ2v) is 4.58. The van der Waals surface area contributed by atoms with Crippen molar-refractivity contribution in [2.75, 3.05) is 0 Å². The molecule has 3 rings (SSSR count). The van der Waals surface area contributed by atoms with Crippen LogP contribution in [0.4, 0.5) is 4.39 Å². The molecule has 1 heterocycles. The number of aromatic nitrogens is 1. The molecule has 18 heavy (non-hydrogen) atoms. The lowest BCUT2D eigenvalue weighted by Crippen LogP contribution is -1.97. The summed E-state index contributed by atoms with van der Waals surface area (Å²) in [5, 5.41) is 1.28. The predicted octanol–water partition coefficient (Wildman–Crippen LogP) is 4.14. The molecule has 0 bridgehead atoms. The maximum absolute atomic E-state index is 12.9. The van der Waals surface area contributed by atoms with Crippen LogP contribution in [-0.4, -0.2) is 4.57 Å². The lowest BCUT2D eigenvalue weighted by molar-refractivity contribution is 0.626. The number of fused-ring (bicyclic) bond motifs is 1. The molecule has 90 valence electrons. The Kier molecular flexibility index (Phi) is 2.63. The summed E-state index contributed by atoms with van der Waals surface area (Å²) >= 11 is 0. The molecule has 0 amide bonds. The van der Waals surface area contributed by atoms with Crippen LogP contribution in [0.15, 0.2) is 54.7 Å². The second kappa shape index (κ2) is 4.30. The van der Waals surface area contributed by atoms with Gasteiger partial charge in [-0.15, -0.1) is 0 Å². The lowest BCUT2D eigenvalue weighted by atomic mass is 10.1. The number of hydrogen-bond donors (Lipinski definition) is 0. The van der Waals surface area contributed by atoms with E-state index in [0.29, 0.717) is 0 Å². The number of rotatable bonds is 2. The summed E-state index contributed by atoms with van der Waals surface area (Å²) in [5.41, 5.74) is 3.61. The van der Waals surface area contributed by atoms with Gasteiger partial charge in [0, 0.05) is 23.6 Å². The van der Waals surface area contributed by atoms with E-state index >= 15 is 0 Å². The van der Waals surface area contributed by atoms with Gasteiger partial charge in [-0.1, -0.05) is 24.3 Å². The standard InChI is InChI=1S/C16H14FN/c1-12-3-2-4-16-15(12)9-10-18(16)11-13-5-7-14(17)8-6-13/h2-10H,11H2,1H3. The number of hydrogen-bond acceptors (Lipinski definition) is 0. The molecule has 0 fully saturated rings. The van der Waals surface area contributed by atoms with E-state index in [9.17, 15) is 4.39 Å². The Hall–Kier alpha value is -2.09. The molecule has 1 aromatic heterocycles. The molecular weight excluding hydrogens is 225 g/mol. The Labute approximate surface area is 105 Å². The molecule has 0 spiro atoms. The summed E-state index contributed by atoms with van der Waals surface area (Å²) in [5.74, 6) is -0.188. The van der Waals surface area contributed by atoms with Crippen LogP contribution in [0.1, 0.15) is 11.1 Å². The van der Waals surface area contributed by atoms with Crippen LogP contribution in [0.5, 0.6) is 0 Å². The summed E-state index contributed by atoms with van der Waals surface area (Å²) in [7, 11) is 0. The van der Waals surface area contributed by atoms with Crippen molar-refractivity contribution in [1.29, 1.82) is 0 Å². The quantitative estimate of drug-likeness (QED) is 0.633. The first-order valence-electron chi connectivity index (χ1n) is 6.03. The van der Waals surface area contributed by atoms with Gasteiger partial charge in [-0.25, -0.2) is 4.39 Å². The average molecular weight is 239 g/mol. The molecular formula is C16H14FN. The fourth-order valence-electron chi connectivity index (χ4n) is 2.30. The Balaban J connectivity index is 2.00. The second-order valence-electron chi connectivity index (χ2n) is 4.58. The zero-order valence-electron chi connectivity index (χ0n) is 10.2. The van der Waals surface area contributed by atoms with Gasteiger partial charge < -0.3 is 4.57 Å². The van der Waals surface area contributed by atoms with Crippen LogP contribution in [0.25, 0.3) is 10.9 Å². The largest absolute Gasteiger partial charge is 0.343 e. The Morgan fingerprint density at radius 2 is 1.78 bits per heavy atom. The maximum Gasteiger partial charge on any atom is 0.123 e. The highest BCUT2D eigenvalue weighted by Gasteiger charge is 2.03. The third kappa shape index (κ3) is 1.90. The number of halogens is 1. The summed E-state index contributed by atoms with van der Waals surface area (Å²) in [6.07, 6.45) is 2.08. The Bertz CT molecular complexity index is 680. The molecule has 0 aliphatic carbocycles. The zero-order chi connectivity index (χ0) is 12.5. The normalized spacial score (nSPS) is 11.0. The van der Waals surface area contributed by atoms with E-state index in [2.05, 4.69) is 42.0 Å². The third-order valence-corrected chi connectivity index (χ3v) is 3.30. The number of nitrogens with zero attached hydrogens (tertiary/aromatic N) is 1. The molecule has 2 heteroatoms. The minimum atomic E-state index is -0.188. The molecule has 0 saturated heterocycles. The van der Waals surface area contributed by atoms with Gasteiger partial charge in [0.05, 0.1) is 0 Å². The van der Waals surface area contributed by atoms with Gasteiger partial charge in [-0.3, -0.25) is 0 Å². The molecule has 0 N–H and O–H groups in total. The van der Waals surface area contributed by atoms with Crippen LogP contribution in [0.2, 0.25) is 0 Å². The van der Waals surface area contributed by atoms with Crippen LogP contribution >= 0.6 is 0 Å². The van der Waals surface area contributed by atoms with E-state index in [1.54, 1.807) is 0 Å². The van der Waals surface area contributed by atoms with E-state index in [-0.39, 0.29) is 5.82 Å². The minimum absolute atomic E-state index is 0.188. The lowest BCUT2D eigenvalue weighted by Gasteiger charge is -2.06. The van der Waals surface area contributed by atoms with Crippen LogP contribution in [0, 0.1) is 12.7 Å². The average Bonchev–Trinajstić information content (AvgIpc) is 2.77. The van der Waals surface area contributed by atoms with Gasteiger partial charge in [0.15, 0.2) is 0 Å². The third-order valence-electron chi connectivity index (χ3n) is 3.30. The summed E-state index contributed by atoms with van der Waals surface area (Å²) in [6.45, 7) is 2.89. The van der Waals surface area contributed by atoms with Gasteiger partial charge in [-0.05, 0) is 42.3 Å². The van der Waals surface area contributed by atoms with Gasteiger partial charge in [-0.2, -0.15) is 0 Å². The van der Waals surface area contributed by atoms with Crippen LogP contribution < -0.4 is 0 Å². The summed E-state index contributed by atoms with van der Waals surface area (Å²) in [6, 6.07) is 15.1. The topological polar surface area (TPSA) is 4.93 Å². The highest BCUT2D eigenvalue weighted by molar-refractivity contribution is 5.83. The van der Waals surface area contributed by atoms with Crippen LogP contribution in [-0.2, 0) is 6.54 Å². The van der Waals surface area contributed by atoms with Crippen LogP contribution in [0.3, 0.4) is 0 Å².